The molecule has 0 radical (unpaired) electrons. The van der Waals surface area contributed by atoms with Crippen LogP contribution in [-0.4, -0.2) is 57.2 Å². The summed E-state index contributed by atoms with van der Waals surface area (Å²) in [5, 5.41) is 12.8. The van der Waals surface area contributed by atoms with E-state index in [1.54, 1.807) is 11.6 Å². The number of aromatic nitrogens is 2. The molecule has 0 aliphatic carbocycles. The molecule has 2 aliphatic rings. The number of ether oxygens (including phenoxy) is 1. The average Bonchev–Trinajstić information content (AvgIpc) is 2.98. The Morgan fingerprint density at radius 1 is 1.70 bits per heavy atom. The number of fused-ring (bicyclic) bond motifs is 1. The molecule has 0 amide bonds. The van der Waals surface area contributed by atoms with E-state index in [0.717, 1.165) is 19.5 Å². The monoisotopic (exact) mass is 283 g/mol. The summed E-state index contributed by atoms with van der Waals surface area (Å²) in [7, 11) is 0. The van der Waals surface area contributed by atoms with Gasteiger partial charge in [0.05, 0.1) is 6.54 Å². The summed E-state index contributed by atoms with van der Waals surface area (Å²) in [5.74, 6) is -0.546. The molecule has 1 aromatic rings. The average molecular weight is 283 g/mol. The molecule has 0 saturated carbocycles. The lowest BCUT2D eigenvalue weighted by atomic mass is 10.1. The van der Waals surface area contributed by atoms with Gasteiger partial charge in [0.2, 0.25) is 5.88 Å². The van der Waals surface area contributed by atoms with E-state index in [9.17, 15) is 9.18 Å². The van der Waals surface area contributed by atoms with Crippen LogP contribution in [0.3, 0.4) is 0 Å². The van der Waals surface area contributed by atoms with E-state index in [0.29, 0.717) is 25.4 Å². The number of carboxylic acid groups (broad SMARTS) is 1. The smallest absolute Gasteiger partial charge is 0.356 e. The lowest BCUT2D eigenvalue weighted by Gasteiger charge is -2.18. The molecule has 1 fully saturated rings. The lowest BCUT2D eigenvalue weighted by Crippen LogP contribution is -2.30. The Morgan fingerprint density at radius 2 is 2.50 bits per heavy atom. The first-order valence-corrected chi connectivity index (χ1v) is 6.82. The molecule has 110 valence electrons. The molecule has 0 aromatic carbocycles. The van der Waals surface area contributed by atoms with Crippen molar-refractivity contribution in [2.24, 2.45) is 0 Å². The lowest BCUT2D eigenvalue weighted by molar-refractivity contribution is 0.0688. The van der Waals surface area contributed by atoms with E-state index < -0.39 is 11.6 Å². The Hall–Kier alpha value is -1.63. The first-order valence-electron chi connectivity index (χ1n) is 6.82. The third-order valence-electron chi connectivity index (χ3n) is 3.90. The van der Waals surface area contributed by atoms with E-state index in [4.69, 9.17) is 9.84 Å². The van der Waals surface area contributed by atoms with Gasteiger partial charge >= 0.3 is 5.97 Å². The van der Waals surface area contributed by atoms with Crippen molar-refractivity contribution in [3.05, 3.63) is 11.8 Å². The topological polar surface area (TPSA) is 67.6 Å². The fourth-order valence-electron chi connectivity index (χ4n) is 2.81. The van der Waals surface area contributed by atoms with Gasteiger partial charge in [-0.15, -0.1) is 0 Å². The predicted octanol–water partition coefficient (Wildman–Crippen LogP) is 1.17. The molecule has 3 rings (SSSR count). The minimum absolute atomic E-state index is 0.00573. The van der Waals surface area contributed by atoms with Crippen molar-refractivity contribution in [3.8, 4) is 5.88 Å². The van der Waals surface area contributed by atoms with Crippen LogP contribution in [0.4, 0.5) is 4.39 Å². The third kappa shape index (κ3) is 2.63. The van der Waals surface area contributed by atoms with Crippen LogP contribution in [0.15, 0.2) is 6.07 Å². The second kappa shape index (κ2) is 4.73. The van der Waals surface area contributed by atoms with E-state index >= 15 is 0 Å². The highest BCUT2D eigenvalue weighted by Gasteiger charge is 2.34. The molecule has 0 spiro atoms. The maximum Gasteiger partial charge on any atom is 0.356 e. The highest BCUT2D eigenvalue weighted by molar-refractivity contribution is 5.85. The molecular weight excluding hydrogens is 265 g/mol. The van der Waals surface area contributed by atoms with Crippen molar-refractivity contribution in [2.75, 3.05) is 19.6 Å². The van der Waals surface area contributed by atoms with Gasteiger partial charge in [-0.25, -0.2) is 13.9 Å². The largest absolute Gasteiger partial charge is 0.476 e. The fraction of sp³-hybridized carbons (Fsp3) is 0.692. The molecule has 2 aliphatic heterocycles. The predicted molar refractivity (Wildman–Crippen MR) is 68.8 cm³/mol. The van der Waals surface area contributed by atoms with Crippen LogP contribution >= 0.6 is 0 Å². The summed E-state index contributed by atoms with van der Waals surface area (Å²) >= 11 is 0. The molecule has 6 nitrogen and oxygen atoms in total. The molecule has 7 heteroatoms. The van der Waals surface area contributed by atoms with Gasteiger partial charge in [0.15, 0.2) is 5.69 Å². The van der Waals surface area contributed by atoms with Gasteiger partial charge in [-0.1, -0.05) is 0 Å². The van der Waals surface area contributed by atoms with Crippen LogP contribution in [0.5, 0.6) is 5.88 Å². The summed E-state index contributed by atoms with van der Waals surface area (Å²) < 4.78 is 21.0. The number of likely N-dealkylation sites (tertiary alicyclic amines) is 1. The Kier molecular flexibility index (Phi) is 3.16. The second-order valence-corrected chi connectivity index (χ2v) is 5.82. The van der Waals surface area contributed by atoms with E-state index in [-0.39, 0.29) is 11.8 Å². The zero-order chi connectivity index (χ0) is 14.3. The SMILES string of the molecule is CC1(F)CCN(CCC2Cn3nc(C(=O)O)cc3O2)C1. The first-order chi connectivity index (χ1) is 9.43. The van der Waals surface area contributed by atoms with Gasteiger partial charge in [0.25, 0.3) is 0 Å². The number of aromatic carboxylic acids is 1. The fourth-order valence-corrected chi connectivity index (χ4v) is 2.81. The summed E-state index contributed by atoms with van der Waals surface area (Å²) in [4.78, 5) is 12.9. The van der Waals surface area contributed by atoms with Crippen LogP contribution in [0.25, 0.3) is 0 Å². The molecule has 1 N–H and O–H groups in total. The van der Waals surface area contributed by atoms with Crippen LogP contribution in [-0.2, 0) is 6.54 Å². The van der Waals surface area contributed by atoms with Gasteiger partial charge in [-0.3, -0.25) is 4.90 Å². The van der Waals surface area contributed by atoms with Gasteiger partial charge in [0, 0.05) is 25.7 Å². The Labute approximate surface area is 116 Å². The van der Waals surface area contributed by atoms with E-state index in [2.05, 4.69) is 10.00 Å². The number of carbonyl (C=O) groups is 1. The van der Waals surface area contributed by atoms with E-state index in [1.807, 2.05) is 0 Å². The van der Waals surface area contributed by atoms with E-state index in [1.165, 1.54) is 6.07 Å². The molecule has 20 heavy (non-hydrogen) atoms. The molecule has 2 atom stereocenters. The molecule has 1 saturated heterocycles. The Balaban J connectivity index is 1.50. The standard InChI is InChI=1S/C13H18FN3O3/c1-13(14)3-5-16(8-13)4-2-9-7-17-11(20-9)6-10(15-17)12(18)19/h6,9H,2-5,7-8H2,1H3,(H,18,19). The first kappa shape index (κ1) is 13.4. The number of alkyl halides is 1. The van der Waals surface area contributed by atoms with Crippen LogP contribution in [0.2, 0.25) is 0 Å². The van der Waals surface area contributed by atoms with Crippen LogP contribution < -0.4 is 4.74 Å². The molecule has 2 unspecified atom stereocenters. The van der Waals surface area contributed by atoms with Gasteiger partial charge in [-0.05, 0) is 19.8 Å². The van der Waals surface area contributed by atoms with Gasteiger partial charge in [0.1, 0.15) is 11.8 Å². The zero-order valence-electron chi connectivity index (χ0n) is 11.4. The van der Waals surface area contributed by atoms with Crippen molar-refractivity contribution in [2.45, 2.75) is 38.1 Å². The van der Waals surface area contributed by atoms with Crippen molar-refractivity contribution in [3.63, 3.8) is 0 Å². The van der Waals surface area contributed by atoms with Crippen LogP contribution in [0.1, 0.15) is 30.3 Å². The normalized spacial score (nSPS) is 29.4. The molecule has 3 heterocycles. The Bertz CT molecular complexity index is 505. The number of carboxylic acids is 1. The highest BCUT2D eigenvalue weighted by atomic mass is 19.1. The maximum absolute atomic E-state index is 13.7. The second-order valence-electron chi connectivity index (χ2n) is 5.82. The zero-order valence-corrected chi connectivity index (χ0v) is 11.4. The van der Waals surface area contributed by atoms with Crippen LogP contribution in [0, 0.1) is 0 Å². The van der Waals surface area contributed by atoms with Gasteiger partial charge < -0.3 is 9.84 Å². The summed E-state index contributed by atoms with van der Waals surface area (Å²) in [6, 6.07) is 1.44. The molecule has 0 bridgehead atoms. The van der Waals surface area contributed by atoms with Crippen molar-refractivity contribution in [1.82, 2.24) is 14.7 Å². The highest BCUT2D eigenvalue weighted by Crippen LogP contribution is 2.27. The number of nitrogens with zero attached hydrogens (tertiary/aromatic N) is 3. The summed E-state index contributed by atoms with van der Waals surface area (Å²) in [5.41, 5.74) is -1.06. The van der Waals surface area contributed by atoms with Crippen molar-refractivity contribution < 1.29 is 19.0 Å². The third-order valence-corrected chi connectivity index (χ3v) is 3.90. The summed E-state index contributed by atoms with van der Waals surface area (Å²) in [6.45, 7) is 4.26. The molecule has 1 aromatic heterocycles. The number of hydrogen-bond acceptors (Lipinski definition) is 4. The minimum atomic E-state index is -1.07. The minimum Gasteiger partial charge on any atom is -0.476 e. The van der Waals surface area contributed by atoms with Crippen molar-refractivity contribution in [1.29, 1.82) is 0 Å². The van der Waals surface area contributed by atoms with Crippen molar-refractivity contribution >= 4 is 5.97 Å². The number of rotatable bonds is 4. The maximum atomic E-state index is 13.7. The number of hydrogen-bond donors (Lipinski definition) is 1. The Morgan fingerprint density at radius 3 is 3.10 bits per heavy atom. The number of halogens is 1. The molecular formula is C13H18FN3O3. The summed E-state index contributed by atoms with van der Waals surface area (Å²) in [6.07, 6.45) is 1.37. The van der Waals surface area contributed by atoms with Gasteiger partial charge in [-0.2, -0.15) is 5.10 Å². The quantitative estimate of drug-likeness (QED) is 0.898.